The molecular weight excluding hydrogens is 528 g/mol. The fraction of sp³-hybridized carbons (Fsp3) is 0.148. The minimum atomic E-state index is -4.97. The number of nitrogens with zero attached hydrogens (tertiary/aromatic N) is 2. The van der Waals surface area contributed by atoms with Gasteiger partial charge >= 0.3 is 18.3 Å². The molecule has 0 spiro atoms. The van der Waals surface area contributed by atoms with E-state index < -0.39 is 47.1 Å². The molecule has 0 aliphatic heterocycles. The van der Waals surface area contributed by atoms with Crippen molar-refractivity contribution in [3.63, 3.8) is 0 Å². The molecule has 6 nitrogen and oxygen atoms in total. The van der Waals surface area contributed by atoms with Crippen molar-refractivity contribution in [3.8, 4) is 16.8 Å². The number of carboxylic acids is 1. The molecule has 1 unspecified atom stereocenters. The highest BCUT2D eigenvalue weighted by Crippen LogP contribution is 2.34. The first-order chi connectivity index (χ1) is 18.3. The number of aliphatic carboxylic acids is 1. The Balaban J connectivity index is 1.52. The number of hydrogen-bond acceptors (Lipinski definition) is 3. The molecule has 4 aromatic rings. The van der Waals surface area contributed by atoms with Gasteiger partial charge < -0.3 is 10.4 Å². The Labute approximate surface area is 217 Å². The molecule has 12 heteroatoms. The van der Waals surface area contributed by atoms with Crippen LogP contribution in [0.2, 0.25) is 0 Å². The molecule has 1 heterocycles. The van der Waals surface area contributed by atoms with E-state index in [1.807, 2.05) is 0 Å². The van der Waals surface area contributed by atoms with Crippen LogP contribution in [-0.2, 0) is 23.6 Å². The number of amides is 1. The lowest BCUT2D eigenvalue weighted by molar-refractivity contribution is -0.143. The lowest BCUT2D eigenvalue weighted by atomic mass is 9.99. The van der Waals surface area contributed by atoms with Crippen LogP contribution in [0, 0.1) is 0 Å². The summed E-state index contributed by atoms with van der Waals surface area (Å²) >= 11 is 0. The molecule has 0 aliphatic rings. The molecule has 1 atom stereocenters. The van der Waals surface area contributed by atoms with Crippen molar-refractivity contribution < 1.29 is 41.0 Å². The third-order valence-electron chi connectivity index (χ3n) is 5.83. The second-order valence-electron chi connectivity index (χ2n) is 8.49. The quantitative estimate of drug-likeness (QED) is 0.278. The molecular formula is C27H19F6N3O3. The van der Waals surface area contributed by atoms with Crippen LogP contribution in [0.3, 0.4) is 0 Å². The number of nitrogens with one attached hydrogen (secondary N) is 1. The number of carbonyl (C=O) groups excluding carboxylic acids is 1. The molecule has 1 aromatic heterocycles. The van der Waals surface area contributed by atoms with Crippen molar-refractivity contribution >= 4 is 11.9 Å². The van der Waals surface area contributed by atoms with Crippen molar-refractivity contribution in [2.45, 2.75) is 24.8 Å². The summed E-state index contributed by atoms with van der Waals surface area (Å²) in [5.74, 6) is -2.74. The zero-order chi connectivity index (χ0) is 28.4. The number of para-hydroxylation sites is 1. The summed E-state index contributed by atoms with van der Waals surface area (Å²) in [6.45, 7) is 0. The topological polar surface area (TPSA) is 84.2 Å². The van der Waals surface area contributed by atoms with Crippen molar-refractivity contribution in [3.05, 3.63) is 107 Å². The van der Waals surface area contributed by atoms with Gasteiger partial charge in [0.1, 0.15) is 6.04 Å². The lowest BCUT2D eigenvalue weighted by Crippen LogP contribution is -2.42. The van der Waals surface area contributed by atoms with Gasteiger partial charge in [0.05, 0.1) is 23.0 Å². The van der Waals surface area contributed by atoms with E-state index in [-0.39, 0.29) is 12.1 Å². The monoisotopic (exact) mass is 547 g/mol. The van der Waals surface area contributed by atoms with Crippen LogP contribution in [-0.4, -0.2) is 32.8 Å². The highest BCUT2D eigenvalue weighted by atomic mass is 19.4. The van der Waals surface area contributed by atoms with E-state index in [1.165, 1.54) is 48.5 Å². The third-order valence-corrected chi connectivity index (χ3v) is 5.83. The van der Waals surface area contributed by atoms with E-state index >= 15 is 0 Å². The van der Waals surface area contributed by atoms with Gasteiger partial charge in [-0.25, -0.2) is 9.48 Å². The summed E-state index contributed by atoms with van der Waals surface area (Å²) in [6, 6.07) is 16.4. The summed E-state index contributed by atoms with van der Waals surface area (Å²) in [4.78, 5) is 24.6. The van der Waals surface area contributed by atoms with E-state index in [1.54, 1.807) is 18.2 Å². The Morgan fingerprint density at radius 1 is 0.821 bits per heavy atom. The van der Waals surface area contributed by atoms with E-state index in [0.717, 1.165) is 18.3 Å². The number of alkyl halides is 6. The fourth-order valence-electron chi connectivity index (χ4n) is 3.91. The Morgan fingerprint density at radius 3 is 1.90 bits per heavy atom. The largest absolute Gasteiger partial charge is 0.480 e. The van der Waals surface area contributed by atoms with Gasteiger partial charge in [0.25, 0.3) is 5.91 Å². The second kappa shape index (κ2) is 10.6. The molecule has 0 bridgehead atoms. The molecule has 202 valence electrons. The number of benzene rings is 3. The van der Waals surface area contributed by atoms with E-state index in [2.05, 4.69) is 10.4 Å². The summed E-state index contributed by atoms with van der Waals surface area (Å²) in [5, 5.41) is 15.4. The van der Waals surface area contributed by atoms with Crippen LogP contribution in [0.1, 0.15) is 27.2 Å². The maximum Gasteiger partial charge on any atom is 0.434 e. The first-order valence-electron chi connectivity index (χ1n) is 11.4. The maximum atomic E-state index is 13.9. The predicted octanol–water partition coefficient (Wildman–Crippen LogP) is 6.00. The van der Waals surface area contributed by atoms with Gasteiger partial charge in [0, 0.05) is 6.42 Å². The summed E-state index contributed by atoms with van der Waals surface area (Å²) in [6.07, 6.45) is -8.98. The molecule has 0 aliphatic carbocycles. The standard InChI is InChI=1S/C27H19F6N3O3/c28-26(29,30)19-12-10-18(11-13-19)17-8-6-16(7-9-17)14-22(25(38)39)35-24(37)21-15-34-36(23(21)27(31,32)33)20-4-2-1-3-5-20/h1-13,15,22H,14H2,(H,35,37)(H,38,39). The molecule has 3 aromatic carbocycles. The van der Waals surface area contributed by atoms with Crippen LogP contribution in [0.4, 0.5) is 26.3 Å². The van der Waals surface area contributed by atoms with Crippen molar-refractivity contribution in [1.29, 1.82) is 0 Å². The molecule has 0 fully saturated rings. The van der Waals surface area contributed by atoms with Gasteiger partial charge in [-0.1, -0.05) is 54.6 Å². The minimum absolute atomic E-state index is 0.0618. The van der Waals surface area contributed by atoms with Crippen molar-refractivity contribution in [1.82, 2.24) is 15.1 Å². The molecule has 39 heavy (non-hydrogen) atoms. The predicted molar refractivity (Wildman–Crippen MR) is 128 cm³/mol. The normalized spacial score (nSPS) is 12.7. The third kappa shape index (κ3) is 6.28. The van der Waals surface area contributed by atoms with Crippen LogP contribution < -0.4 is 5.32 Å². The SMILES string of the molecule is O=C(NC(Cc1ccc(-c2ccc(C(F)(F)F)cc2)cc1)C(=O)O)c1cnn(-c2ccccc2)c1C(F)(F)F. The molecule has 1 amide bonds. The summed E-state index contributed by atoms with van der Waals surface area (Å²) in [7, 11) is 0. The van der Waals surface area contributed by atoms with Crippen LogP contribution >= 0.6 is 0 Å². The maximum absolute atomic E-state index is 13.9. The van der Waals surface area contributed by atoms with Gasteiger partial charge in [0.2, 0.25) is 0 Å². The van der Waals surface area contributed by atoms with Gasteiger partial charge in [-0.15, -0.1) is 0 Å². The zero-order valence-corrected chi connectivity index (χ0v) is 19.8. The van der Waals surface area contributed by atoms with Crippen molar-refractivity contribution in [2.24, 2.45) is 0 Å². The molecule has 0 saturated carbocycles. The van der Waals surface area contributed by atoms with Gasteiger partial charge in [-0.3, -0.25) is 4.79 Å². The van der Waals surface area contributed by atoms with Crippen LogP contribution in [0.5, 0.6) is 0 Å². The van der Waals surface area contributed by atoms with Crippen LogP contribution in [0.15, 0.2) is 85.1 Å². The van der Waals surface area contributed by atoms with E-state index in [9.17, 15) is 41.0 Å². The first-order valence-corrected chi connectivity index (χ1v) is 11.4. The molecule has 4 rings (SSSR count). The van der Waals surface area contributed by atoms with Crippen molar-refractivity contribution in [2.75, 3.05) is 0 Å². The Bertz CT molecular complexity index is 1460. The van der Waals surface area contributed by atoms with Gasteiger partial charge in [0.15, 0.2) is 5.69 Å². The van der Waals surface area contributed by atoms with E-state index in [4.69, 9.17) is 0 Å². The average Bonchev–Trinajstić information content (AvgIpc) is 3.35. The van der Waals surface area contributed by atoms with Crippen LogP contribution in [0.25, 0.3) is 16.8 Å². The second-order valence-corrected chi connectivity index (χ2v) is 8.49. The average molecular weight is 547 g/mol. The highest BCUT2D eigenvalue weighted by Gasteiger charge is 2.41. The Morgan fingerprint density at radius 2 is 1.38 bits per heavy atom. The number of carbonyl (C=O) groups is 2. The summed E-state index contributed by atoms with van der Waals surface area (Å²) in [5.41, 5.74) is -1.45. The number of hydrogen-bond donors (Lipinski definition) is 2. The number of halogens is 6. The molecule has 2 N–H and O–H groups in total. The minimum Gasteiger partial charge on any atom is -0.480 e. The number of aromatic nitrogens is 2. The number of rotatable bonds is 7. The van der Waals surface area contributed by atoms with Gasteiger partial charge in [-0.05, 0) is 41.0 Å². The molecule has 0 radical (unpaired) electrons. The number of carboxylic acid groups (broad SMARTS) is 1. The first kappa shape index (κ1) is 27.4. The highest BCUT2D eigenvalue weighted by molar-refractivity contribution is 5.97. The fourth-order valence-corrected chi connectivity index (χ4v) is 3.91. The lowest BCUT2D eigenvalue weighted by Gasteiger charge is -2.16. The van der Waals surface area contributed by atoms with E-state index in [0.29, 0.717) is 21.4 Å². The Hall–Kier alpha value is -4.61. The smallest absolute Gasteiger partial charge is 0.434 e. The summed E-state index contributed by atoms with van der Waals surface area (Å²) < 4.78 is 80.5. The Kier molecular flexibility index (Phi) is 7.48. The van der Waals surface area contributed by atoms with Gasteiger partial charge in [-0.2, -0.15) is 31.4 Å². The molecule has 0 saturated heterocycles. The zero-order valence-electron chi connectivity index (χ0n) is 19.8.